The van der Waals surface area contributed by atoms with Gasteiger partial charge in [0, 0.05) is 24.9 Å². The van der Waals surface area contributed by atoms with E-state index in [1.807, 2.05) is 20.8 Å². The van der Waals surface area contributed by atoms with Crippen molar-refractivity contribution in [3.8, 4) is 11.8 Å². The Hall–Kier alpha value is -2.37. The summed E-state index contributed by atoms with van der Waals surface area (Å²) in [5.41, 5.74) is 5.47. The number of methoxy groups -OCH3 is 1. The van der Waals surface area contributed by atoms with Gasteiger partial charge in [0.2, 0.25) is 11.8 Å². The van der Waals surface area contributed by atoms with Crippen LogP contribution in [-0.2, 0) is 14.3 Å². The number of nitrogens with zero attached hydrogens (tertiary/aromatic N) is 1. The van der Waals surface area contributed by atoms with Gasteiger partial charge in [0.05, 0.1) is 23.2 Å². The topological polar surface area (TPSA) is 110 Å². The van der Waals surface area contributed by atoms with Crippen LogP contribution in [0.5, 0.6) is 0 Å². The van der Waals surface area contributed by atoms with Crippen LogP contribution >= 0.6 is 11.3 Å². The maximum Gasteiger partial charge on any atom is 0.348 e. The standard InChI is InChI=1S/C24H34N2O5S/c1-15-6-8-16(9-7-15)22(28)26(17(14-31-5)12-20(25)27)19-13-18(10-11-24(2,3)4)32-21(19)23(29)30/h13,15-17H,6-9,12,14H2,1-5H3,(H2,25,27)(H,29,30)/t15?,16?,17-/m0/s1. The van der Waals surface area contributed by atoms with Gasteiger partial charge in [0.25, 0.3) is 0 Å². The minimum atomic E-state index is -1.14. The highest BCUT2D eigenvalue weighted by Crippen LogP contribution is 2.36. The minimum absolute atomic E-state index is 0.0197. The second-order valence-corrected chi connectivity index (χ2v) is 10.6. The zero-order chi connectivity index (χ0) is 24.1. The van der Waals surface area contributed by atoms with Gasteiger partial charge in [-0.15, -0.1) is 11.3 Å². The summed E-state index contributed by atoms with van der Waals surface area (Å²) in [7, 11) is 1.48. The Morgan fingerprint density at radius 1 is 1.28 bits per heavy atom. The number of nitrogens with two attached hydrogens (primary N) is 1. The summed E-state index contributed by atoms with van der Waals surface area (Å²) in [6.07, 6.45) is 3.21. The van der Waals surface area contributed by atoms with Crippen molar-refractivity contribution in [1.29, 1.82) is 0 Å². The van der Waals surface area contributed by atoms with Gasteiger partial charge in [0.1, 0.15) is 4.88 Å². The van der Waals surface area contributed by atoms with E-state index in [0.29, 0.717) is 10.8 Å². The molecule has 0 unspecified atom stereocenters. The molecule has 1 fully saturated rings. The van der Waals surface area contributed by atoms with Gasteiger partial charge < -0.3 is 20.5 Å². The van der Waals surface area contributed by atoms with E-state index < -0.39 is 17.9 Å². The number of carboxylic acids is 1. The van der Waals surface area contributed by atoms with Crippen molar-refractivity contribution >= 4 is 34.8 Å². The fourth-order valence-electron chi connectivity index (χ4n) is 3.87. The first-order chi connectivity index (χ1) is 14.9. The lowest BCUT2D eigenvalue weighted by Gasteiger charge is -2.35. The third-order valence-electron chi connectivity index (χ3n) is 5.49. The average Bonchev–Trinajstić information content (AvgIpc) is 3.10. The van der Waals surface area contributed by atoms with Crippen LogP contribution < -0.4 is 10.6 Å². The Labute approximate surface area is 194 Å². The first-order valence-electron chi connectivity index (χ1n) is 10.9. The molecule has 176 valence electrons. The highest BCUT2D eigenvalue weighted by atomic mass is 32.1. The van der Waals surface area contributed by atoms with Crippen LogP contribution in [0, 0.1) is 29.1 Å². The Bertz CT molecular complexity index is 898. The number of thiophene rings is 1. The van der Waals surface area contributed by atoms with E-state index in [2.05, 4.69) is 18.8 Å². The van der Waals surface area contributed by atoms with Gasteiger partial charge in [-0.2, -0.15) is 0 Å². The summed E-state index contributed by atoms with van der Waals surface area (Å²) in [5, 5.41) is 9.88. The fraction of sp³-hybridized carbons (Fsp3) is 0.625. The number of hydrogen-bond donors (Lipinski definition) is 2. The molecule has 1 aromatic heterocycles. The van der Waals surface area contributed by atoms with Crippen molar-refractivity contribution < 1.29 is 24.2 Å². The Kier molecular flexibility index (Phi) is 8.88. The lowest BCUT2D eigenvalue weighted by molar-refractivity contribution is -0.124. The third-order valence-corrected chi connectivity index (χ3v) is 6.52. The normalized spacial score (nSPS) is 19.5. The largest absolute Gasteiger partial charge is 0.477 e. The molecule has 0 spiro atoms. The smallest absolute Gasteiger partial charge is 0.348 e. The van der Waals surface area contributed by atoms with Gasteiger partial charge in [-0.05, 0) is 58.4 Å². The second kappa shape index (κ2) is 11.0. The van der Waals surface area contributed by atoms with Crippen LogP contribution in [0.4, 0.5) is 5.69 Å². The van der Waals surface area contributed by atoms with E-state index in [1.165, 1.54) is 12.0 Å². The molecule has 1 aliphatic rings. The molecule has 0 aliphatic heterocycles. The molecule has 1 heterocycles. The van der Waals surface area contributed by atoms with E-state index in [9.17, 15) is 19.5 Å². The predicted molar refractivity (Wildman–Crippen MR) is 126 cm³/mol. The van der Waals surface area contributed by atoms with Gasteiger partial charge in [-0.3, -0.25) is 9.59 Å². The highest BCUT2D eigenvalue weighted by Gasteiger charge is 2.36. The molecule has 2 rings (SSSR count). The number of hydrogen-bond acceptors (Lipinski definition) is 5. The zero-order valence-corrected chi connectivity index (χ0v) is 20.4. The van der Waals surface area contributed by atoms with E-state index in [0.717, 1.165) is 37.0 Å². The molecule has 8 heteroatoms. The molecular weight excluding hydrogens is 428 g/mol. The van der Waals surface area contributed by atoms with Crippen LogP contribution in [0.3, 0.4) is 0 Å². The average molecular weight is 463 g/mol. The third kappa shape index (κ3) is 7.07. The first-order valence-corrected chi connectivity index (χ1v) is 11.7. The van der Waals surface area contributed by atoms with Crippen molar-refractivity contribution in [1.82, 2.24) is 0 Å². The van der Waals surface area contributed by atoms with Crippen molar-refractivity contribution in [3.05, 3.63) is 15.8 Å². The van der Waals surface area contributed by atoms with E-state index in [4.69, 9.17) is 10.5 Å². The van der Waals surface area contributed by atoms with Crippen molar-refractivity contribution in [2.75, 3.05) is 18.6 Å². The molecule has 7 nitrogen and oxygen atoms in total. The molecule has 1 atom stereocenters. The maximum absolute atomic E-state index is 13.7. The van der Waals surface area contributed by atoms with Crippen LogP contribution in [-0.4, -0.2) is 42.6 Å². The van der Waals surface area contributed by atoms with E-state index in [-0.39, 0.29) is 40.8 Å². The van der Waals surface area contributed by atoms with Crippen LogP contribution in [0.2, 0.25) is 0 Å². The lowest BCUT2D eigenvalue weighted by atomic mass is 9.82. The summed E-state index contributed by atoms with van der Waals surface area (Å²) in [6, 6.07) is 0.945. The summed E-state index contributed by atoms with van der Waals surface area (Å²) in [5.74, 6) is 4.56. The van der Waals surface area contributed by atoms with Crippen molar-refractivity contribution in [2.24, 2.45) is 23.0 Å². The molecule has 0 aromatic carbocycles. The molecule has 3 N–H and O–H groups in total. The molecular formula is C24H34N2O5S. The van der Waals surface area contributed by atoms with Crippen molar-refractivity contribution in [3.63, 3.8) is 0 Å². The highest BCUT2D eigenvalue weighted by molar-refractivity contribution is 7.15. The summed E-state index contributed by atoms with van der Waals surface area (Å²) in [6.45, 7) is 8.13. The predicted octanol–water partition coefficient (Wildman–Crippen LogP) is 3.89. The monoisotopic (exact) mass is 462 g/mol. The van der Waals surface area contributed by atoms with E-state index >= 15 is 0 Å². The number of rotatable bonds is 8. The Morgan fingerprint density at radius 2 is 1.91 bits per heavy atom. The van der Waals surface area contributed by atoms with Gasteiger partial charge in [0.15, 0.2) is 0 Å². The first kappa shape index (κ1) is 25.9. The van der Waals surface area contributed by atoms with Gasteiger partial charge in [-0.1, -0.05) is 18.8 Å². The second-order valence-electron chi connectivity index (χ2n) is 9.57. The van der Waals surface area contributed by atoms with Gasteiger partial charge in [-0.25, -0.2) is 4.79 Å². The van der Waals surface area contributed by atoms with E-state index in [1.54, 1.807) is 6.07 Å². The summed E-state index contributed by atoms with van der Waals surface area (Å²) >= 11 is 1.03. The molecule has 2 amide bonds. The Balaban J connectivity index is 2.57. The zero-order valence-electron chi connectivity index (χ0n) is 19.6. The minimum Gasteiger partial charge on any atom is -0.477 e. The molecule has 1 saturated carbocycles. The molecule has 1 aliphatic carbocycles. The lowest BCUT2D eigenvalue weighted by Crippen LogP contribution is -2.48. The number of aromatic carboxylic acids is 1. The molecule has 32 heavy (non-hydrogen) atoms. The number of amides is 2. The Morgan fingerprint density at radius 3 is 2.41 bits per heavy atom. The number of carboxylic acid groups (broad SMARTS) is 1. The van der Waals surface area contributed by atoms with Crippen molar-refractivity contribution in [2.45, 2.75) is 65.8 Å². The van der Waals surface area contributed by atoms with Crippen LogP contribution in [0.25, 0.3) is 0 Å². The maximum atomic E-state index is 13.7. The van der Waals surface area contributed by atoms with Gasteiger partial charge >= 0.3 is 5.97 Å². The number of ether oxygens (including phenoxy) is 1. The molecule has 1 aromatic rings. The number of carbonyl (C=O) groups is 3. The van der Waals surface area contributed by atoms with Crippen LogP contribution in [0.15, 0.2) is 6.07 Å². The molecule has 0 bridgehead atoms. The SMILES string of the molecule is COC[C@H](CC(N)=O)N(C(=O)C1CCC(C)CC1)c1cc(C#CC(C)(C)C)sc1C(=O)O. The van der Waals surface area contributed by atoms with Crippen LogP contribution in [0.1, 0.15) is 74.3 Å². The quantitative estimate of drug-likeness (QED) is 0.570. The summed E-state index contributed by atoms with van der Waals surface area (Å²) in [4.78, 5) is 39.6. The fourth-order valence-corrected chi connectivity index (χ4v) is 4.71. The number of anilines is 1. The number of primary amides is 1. The molecule has 0 radical (unpaired) electrons. The summed E-state index contributed by atoms with van der Waals surface area (Å²) < 4.78 is 5.29. The number of carbonyl (C=O) groups excluding carboxylic acids is 2. The molecule has 0 saturated heterocycles.